The van der Waals surface area contributed by atoms with E-state index in [2.05, 4.69) is 12.1 Å². The molecule has 2 aromatic rings. The summed E-state index contributed by atoms with van der Waals surface area (Å²) >= 11 is 1.68. The number of phenolic OH excluding ortho intramolecular Hbond substituents is 1. The van der Waals surface area contributed by atoms with Crippen LogP contribution in [0.5, 0.6) is 11.5 Å². The second-order valence-corrected chi connectivity index (χ2v) is 6.03. The number of hydrogen-bond donors (Lipinski definition) is 1. The molecule has 0 atom stereocenters. The van der Waals surface area contributed by atoms with E-state index in [1.807, 2.05) is 43.5 Å². The summed E-state index contributed by atoms with van der Waals surface area (Å²) < 4.78 is 5.42. The quantitative estimate of drug-likeness (QED) is 0.775. The van der Waals surface area contributed by atoms with E-state index in [1.165, 1.54) is 10.5 Å². The highest BCUT2D eigenvalue weighted by atomic mass is 32.1. The molecule has 2 rings (SSSR count). The Balaban J connectivity index is 2.29. The lowest BCUT2D eigenvalue weighted by molar-refractivity contribution is 0.401. The highest BCUT2D eigenvalue weighted by molar-refractivity contribution is 7.10. The molecule has 0 fully saturated rings. The minimum Gasteiger partial charge on any atom is -0.507 e. The van der Waals surface area contributed by atoms with Gasteiger partial charge in [0.15, 0.2) is 0 Å². The fourth-order valence-electron chi connectivity index (χ4n) is 2.01. The van der Waals surface area contributed by atoms with Gasteiger partial charge in [-0.1, -0.05) is 23.8 Å². The van der Waals surface area contributed by atoms with E-state index in [0.717, 1.165) is 16.9 Å². The third-order valence-electron chi connectivity index (χ3n) is 3.13. The Labute approximate surface area is 130 Å². The monoisotopic (exact) mass is 300 g/mol. The van der Waals surface area contributed by atoms with Gasteiger partial charge >= 0.3 is 0 Å². The van der Waals surface area contributed by atoms with Gasteiger partial charge in [-0.25, -0.2) is 0 Å². The maximum Gasteiger partial charge on any atom is 0.126 e. The number of phenols is 1. The molecule has 0 amide bonds. The summed E-state index contributed by atoms with van der Waals surface area (Å²) in [4.78, 5) is 1.18. The summed E-state index contributed by atoms with van der Waals surface area (Å²) in [6, 6.07) is 7.81. The van der Waals surface area contributed by atoms with Crippen molar-refractivity contribution in [3.05, 3.63) is 57.3 Å². The lowest BCUT2D eigenvalue weighted by Gasteiger charge is -2.10. The lowest BCUT2D eigenvalue weighted by atomic mass is 10.0. The first-order chi connectivity index (χ1) is 10.1. The van der Waals surface area contributed by atoms with Crippen LogP contribution in [0.2, 0.25) is 0 Å². The summed E-state index contributed by atoms with van der Waals surface area (Å²) in [5.41, 5.74) is 2.98. The van der Waals surface area contributed by atoms with Gasteiger partial charge in [0.25, 0.3) is 0 Å². The van der Waals surface area contributed by atoms with E-state index < -0.39 is 0 Å². The van der Waals surface area contributed by atoms with Gasteiger partial charge in [-0.3, -0.25) is 0 Å². The zero-order valence-electron chi connectivity index (χ0n) is 12.6. The Morgan fingerprint density at radius 2 is 2.10 bits per heavy atom. The smallest absolute Gasteiger partial charge is 0.126 e. The van der Waals surface area contributed by atoms with Crippen LogP contribution in [0.3, 0.4) is 0 Å². The van der Waals surface area contributed by atoms with Crippen molar-refractivity contribution in [1.29, 1.82) is 0 Å². The number of hydrogen-bond acceptors (Lipinski definition) is 3. The fourth-order valence-corrected chi connectivity index (χ4v) is 2.62. The van der Waals surface area contributed by atoms with Crippen LogP contribution in [-0.2, 0) is 6.42 Å². The van der Waals surface area contributed by atoms with Crippen molar-refractivity contribution in [3.8, 4) is 11.5 Å². The predicted molar refractivity (Wildman–Crippen MR) is 91.0 cm³/mol. The molecule has 0 bridgehead atoms. The Morgan fingerprint density at radius 1 is 1.29 bits per heavy atom. The molecule has 0 aliphatic rings. The van der Waals surface area contributed by atoms with Crippen LogP contribution >= 0.6 is 11.3 Å². The second kappa shape index (κ2) is 7.14. The maximum atomic E-state index is 10.2. The molecule has 0 radical (unpaired) electrons. The first kappa shape index (κ1) is 15.4. The van der Waals surface area contributed by atoms with Crippen molar-refractivity contribution in [2.75, 3.05) is 7.11 Å². The Hall–Kier alpha value is -2.00. The summed E-state index contributed by atoms with van der Waals surface area (Å²) in [5.74, 6) is 0.996. The van der Waals surface area contributed by atoms with E-state index in [0.29, 0.717) is 6.42 Å². The van der Waals surface area contributed by atoms with Crippen LogP contribution in [0.15, 0.2) is 41.3 Å². The van der Waals surface area contributed by atoms with E-state index in [4.69, 9.17) is 4.74 Å². The molecule has 2 nitrogen and oxygen atoms in total. The van der Waals surface area contributed by atoms with Gasteiger partial charge in [-0.2, -0.15) is 0 Å². The van der Waals surface area contributed by atoms with Crippen molar-refractivity contribution >= 4 is 23.5 Å². The number of ether oxygens (including phenoxy) is 1. The van der Waals surface area contributed by atoms with Gasteiger partial charge in [-0.05, 0) is 55.5 Å². The van der Waals surface area contributed by atoms with Gasteiger partial charge in [0.1, 0.15) is 11.5 Å². The molecule has 0 aliphatic heterocycles. The van der Waals surface area contributed by atoms with Gasteiger partial charge in [-0.15, -0.1) is 11.3 Å². The van der Waals surface area contributed by atoms with E-state index in [-0.39, 0.29) is 5.75 Å². The van der Waals surface area contributed by atoms with Crippen LogP contribution in [0.4, 0.5) is 0 Å². The molecular weight excluding hydrogens is 280 g/mol. The lowest BCUT2D eigenvalue weighted by Crippen LogP contribution is -1.93. The van der Waals surface area contributed by atoms with Crippen LogP contribution in [0.1, 0.15) is 29.9 Å². The Bertz CT molecular complexity index is 648. The number of rotatable bonds is 5. The largest absolute Gasteiger partial charge is 0.507 e. The number of aromatic hydroxyl groups is 1. The second-order valence-electron chi connectivity index (χ2n) is 5.06. The van der Waals surface area contributed by atoms with Crippen molar-refractivity contribution < 1.29 is 9.84 Å². The average Bonchev–Trinajstić information content (AvgIpc) is 2.96. The number of methoxy groups -OCH3 is 1. The molecule has 0 spiro atoms. The molecule has 1 aromatic carbocycles. The molecular formula is C18H20O2S. The zero-order chi connectivity index (χ0) is 15.2. The van der Waals surface area contributed by atoms with Gasteiger partial charge < -0.3 is 9.84 Å². The topological polar surface area (TPSA) is 29.5 Å². The Kier molecular flexibility index (Phi) is 5.23. The molecule has 110 valence electrons. The van der Waals surface area contributed by atoms with Crippen molar-refractivity contribution in [3.63, 3.8) is 0 Å². The summed E-state index contributed by atoms with van der Waals surface area (Å²) in [6.07, 6.45) is 6.78. The standard InChI is InChI=1S/C18H20O2S/c1-13(2)6-9-16-17(19)11-14(12-18(16)20-3)7-8-15-5-4-10-21-15/h4-8,10-12,19H,9H2,1-3H3/b8-7+. The number of benzene rings is 1. The van der Waals surface area contributed by atoms with Crippen LogP contribution < -0.4 is 4.74 Å². The third-order valence-corrected chi connectivity index (χ3v) is 3.96. The summed E-state index contributed by atoms with van der Waals surface area (Å²) in [6.45, 7) is 4.09. The molecule has 1 aromatic heterocycles. The summed E-state index contributed by atoms with van der Waals surface area (Å²) in [5, 5.41) is 12.3. The van der Waals surface area contributed by atoms with Crippen LogP contribution in [0.25, 0.3) is 12.2 Å². The molecule has 0 saturated heterocycles. The molecule has 0 unspecified atom stereocenters. The van der Waals surface area contributed by atoms with Crippen molar-refractivity contribution in [2.45, 2.75) is 20.3 Å². The molecule has 1 heterocycles. The average molecular weight is 300 g/mol. The zero-order valence-corrected chi connectivity index (χ0v) is 13.4. The minimum atomic E-state index is 0.276. The van der Waals surface area contributed by atoms with E-state index >= 15 is 0 Å². The minimum absolute atomic E-state index is 0.276. The normalized spacial score (nSPS) is 10.8. The molecule has 0 aliphatic carbocycles. The van der Waals surface area contributed by atoms with Crippen molar-refractivity contribution in [1.82, 2.24) is 0 Å². The highest BCUT2D eigenvalue weighted by Gasteiger charge is 2.09. The number of thiophene rings is 1. The fraction of sp³-hybridized carbons (Fsp3) is 0.222. The number of allylic oxidation sites excluding steroid dienone is 2. The molecule has 1 N–H and O–H groups in total. The van der Waals surface area contributed by atoms with Crippen molar-refractivity contribution in [2.24, 2.45) is 0 Å². The first-order valence-corrected chi connectivity index (χ1v) is 7.73. The SMILES string of the molecule is COc1cc(/C=C/c2cccs2)cc(O)c1CC=C(C)C. The summed E-state index contributed by atoms with van der Waals surface area (Å²) in [7, 11) is 1.63. The molecule has 21 heavy (non-hydrogen) atoms. The maximum absolute atomic E-state index is 10.2. The van der Waals surface area contributed by atoms with E-state index in [9.17, 15) is 5.11 Å². The molecule has 3 heteroatoms. The van der Waals surface area contributed by atoms with Gasteiger partial charge in [0.2, 0.25) is 0 Å². The van der Waals surface area contributed by atoms with Gasteiger partial charge in [0, 0.05) is 10.4 Å². The molecule has 0 saturated carbocycles. The highest BCUT2D eigenvalue weighted by Crippen LogP contribution is 2.31. The van der Waals surface area contributed by atoms with Crippen LogP contribution in [0, 0.1) is 0 Å². The van der Waals surface area contributed by atoms with Gasteiger partial charge in [0.05, 0.1) is 7.11 Å². The predicted octanol–water partition coefficient (Wildman–Crippen LogP) is 5.14. The van der Waals surface area contributed by atoms with Crippen LogP contribution in [-0.4, -0.2) is 12.2 Å². The Morgan fingerprint density at radius 3 is 2.71 bits per heavy atom. The first-order valence-electron chi connectivity index (χ1n) is 6.85. The third kappa shape index (κ3) is 4.23. The van der Waals surface area contributed by atoms with E-state index in [1.54, 1.807) is 24.5 Å².